The molecule has 1 aromatic heterocycles. The quantitative estimate of drug-likeness (QED) is 0.406. The molecule has 1 amide bonds. The minimum Gasteiger partial charge on any atom is -0.479 e. The summed E-state index contributed by atoms with van der Waals surface area (Å²) in [5.41, 5.74) is 2.86. The third-order valence-corrected chi connectivity index (χ3v) is 4.92. The van der Waals surface area contributed by atoms with Crippen molar-refractivity contribution in [2.24, 2.45) is 0 Å². The Morgan fingerprint density at radius 3 is 2.09 bits per heavy atom. The number of hydrogen-bond acceptors (Lipinski definition) is 5. The van der Waals surface area contributed by atoms with Crippen molar-refractivity contribution < 1.29 is 29.7 Å². The van der Waals surface area contributed by atoms with Crippen LogP contribution in [0.2, 0.25) is 0 Å². The van der Waals surface area contributed by atoms with Crippen molar-refractivity contribution in [1.29, 1.82) is 0 Å². The number of aliphatic hydroxyl groups is 1. The summed E-state index contributed by atoms with van der Waals surface area (Å²) in [5, 5.41) is 30.5. The van der Waals surface area contributed by atoms with Crippen LogP contribution in [0.3, 0.4) is 0 Å². The number of carboxylic acid groups (broad SMARTS) is 2. The molecule has 32 heavy (non-hydrogen) atoms. The molecule has 164 valence electrons. The van der Waals surface area contributed by atoms with E-state index in [-0.39, 0.29) is 17.7 Å². The molecule has 0 aliphatic rings. The Hall–Kier alpha value is -4.04. The molecule has 1 heterocycles. The van der Waals surface area contributed by atoms with Gasteiger partial charge in [-0.1, -0.05) is 54.6 Å². The van der Waals surface area contributed by atoms with Crippen molar-refractivity contribution in [1.82, 2.24) is 10.3 Å². The maximum atomic E-state index is 12.6. The minimum absolute atomic E-state index is 0.129. The molecule has 8 heteroatoms. The van der Waals surface area contributed by atoms with E-state index in [9.17, 15) is 19.5 Å². The topological polar surface area (TPSA) is 137 Å². The lowest BCUT2D eigenvalue weighted by molar-refractivity contribution is -0.147. The molecule has 0 saturated heterocycles. The van der Waals surface area contributed by atoms with Crippen LogP contribution in [0.1, 0.15) is 32.8 Å². The Kier molecular flexibility index (Phi) is 7.30. The van der Waals surface area contributed by atoms with Crippen LogP contribution in [0.5, 0.6) is 0 Å². The summed E-state index contributed by atoms with van der Waals surface area (Å²) in [6, 6.07) is 19.3. The van der Waals surface area contributed by atoms with Crippen molar-refractivity contribution in [3.8, 4) is 11.1 Å². The summed E-state index contributed by atoms with van der Waals surface area (Å²) in [4.78, 5) is 38.3. The summed E-state index contributed by atoms with van der Waals surface area (Å²) in [5.74, 6) is -3.13. The molecule has 0 spiro atoms. The number of carbonyl (C=O) groups is 3. The maximum absolute atomic E-state index is 12.6. The van der Waals surface area contributed by atoms with Gasteiger partial charge in [0, 0.05) is 18.7 Å². The van der Waals surface area contributed by atoms with Crippen molar-refractivity contribution in [2.45, 2.75) is 25.0 Å². The van der Waals surface area contributed by atoms with E-state index in [1.54, 1.807) is 0 Å². The summed E-state index contributed by atoms with van der Waals surface area (Å²) in [6.07, 6.45) is -0.400. The zero-order valence-corrected chi connectivity index (χ0v) is 17.0. The molecular formula is C24H22N2O6. The van der Waals surface area contributed by atoms with Gasteiger partial charge in [-0.25, -0.2) is 14.6 Å². The van der Waals surface area contributed by atoms with Crippen LogP contribution < -0.4 is 5.32 Å². The second-order valence-electron chi connectivity index (χ2n) is 7.26. The van der Waals surface area contributed by atoms with E-state index in [0.717, 1.165) is 22.9 Å². The van der Waals surface area contributed by atoms with Gasteiger partial charge >= 0.3 is 11.9 Å². The second-order valence-corrected chi connectivity index (χ2v) is 7.26. The van der Waals surface area contributed by atoms with Gasteiger partial charge in [-0.15, -0.1) is 0 Å². The molecule has 2 aromatic carbocycles. The molecule has 3 rings (SSSR count). The van der Waals surface area contributed by atoms with Crippen LogP contribution in [0.4, 0.5) is 0 Å². The Labute approximate surface area is 184 Å². The lowest BCUT2D eigenvalue weighted by Crippen LogP contribution is -2.40. The Morgan fingerprint density at radius 1 is 0.875 bits per heavy atom. The van der Waals surface area contributed by atoms with Gasteiger partial charge in [-0.3, -0.25) is 4.79 Å². The molecule has 0 radical (unpaired) electrons. The van der Waals surface area contributed by atoms with Crippen LogP contribution in [0, 0.1) is 0 Å². The Morgan fingerprint density at radius 2 is 1.53 bits per heavy atom. The molecular weight excluding hydrogens is 412 g/mol. The third-order valence-electron chi connectivity index (χ3n) is 4.92. The van der Waals surface area contributed by atoms with Crippen molar-refractivity contribution in [2.75, 3.05) is 0 Å². The number of pyridine rings is 1. The van der Waals surface area contributed by atoms with Gasteiger partial charge in [0.25, 0.3) is 5.91 Å². The van der Waals surface area contributed by atoms with E-state index in [2.05, 4.69) is 10.3 Å². The highest BCUT2D eigenvalue weighted by Crippen LogP contribution is 2.20. The molecule has 0 fully saturated rings. The molecule has 8 nitrogen and oxygen atoms in total. The number of aromatic nitrogens is 1. The number of rotatable bonds is 9. The number of aliphatic carboxylic acids is 1. The standard InChI is InChI=1S/C24H22N2O6/c27-21(24(31)32)13-19(26-22(28)18-10-11-20(23(29)30)25-14-18)12-15-6-8-17(9-7-15)16-4-2-1-3-5-16/h1-11,14,19,21,27H,12-13H2,(H,26,28)(H,29,30)(H,31,32)/t19?,21-/m1/s1. The van der Waals surface area contributed by atoms with Gasteiger partial charge in [-0.05, 0) is 35.2 Å². The van der Waals surface area contributed by atoms with Crippen LogP contribution in [-0.4, -0.2) is 50.3 Å². The monoisotopic (exact) mass is 434 g/mol. The van der Waals surface area contributed by atoms with Crippen molar-refractivity contribution in [3.05, 3.63) is 89.7 Å². The number of hydrogen-bond donors (Lipinski definition) is 4. The number of amides is 1. The molecule has 1 unspecified atom stereocenters. The number of benzene rings is 2. The fourth-order valence-electron chi connectivity index (χ4n) is 3.24. The van der Waals surface area contributed by atoms with Gasteiger partial charge in [0.05, 0.1) is 5.56 Å². The normalized spacial score (nSPS) is 12.5. The van der Waals surface area contributed by atoms with E-state index < -0.39 is 30.0 Å². The van der Waals surface area contributed by atoms with E-state index in [0.29, 0.717) is 6.42 Å². The van der Waals surface area contributed by atoms with E-state index in [1.165, 1.54) is 12.1 Å². The van der Waals surface area contributed by atoms with Crippen LogP contribution in [0.15, 0.2) is 72.9 Å². The summed E-state index contributed by atoms with van der Waals surface area (Å²) in [6.45, 7) is 0. The van der Waals surface area contributed by atoms with Gasteiger partial charge in [0.15, 0.2) is 6.10 Å². The molecule has 3 aromatic rings. The molecule has 2 atom stereocenters. The number of nitrogens with one attached hydrogen (secondary N) is 1. The van der Waals surface area contributed by atoms with E-state index in [1.807, 2.05) is 54.6 Å². The highest BCUT2D eigenvalue weighted by Gasteiger charge is 2.23. The smallest absolute Gasteiger partial charge is 0.354 e. The summed E-state index contributed by atoms with van der Waals surface area (Å²) < 4.78 is 0. The highest BCUT2D eigenvalue weighted by molar-refractivity contribution is 5.95. The number of aliphatic hydroxyl groups excluding tert-OH is 1. The van der Waals surface area contributed by atoms with Crippen molar-refractivity contribution >= 4 is 17.8 Å². The number of carbonyl (C=O) groups excluding carboxylic acids is 1. The number of aromatic carboxylic acids is 1. The summed E-state index contributed by atoms with van der Waals surface area (Å²) >= 11 is 0. The highest BCUT2D eigenvalue weighted by atomic mass is 16.4. The number of carboxylic acids is 2. The number of nitrogens with zero attached hydrogens (tertiary/aromatic N) is 1. The first kappa shape index (κ1) is 22.6. The maximum Gasteiger partial charge on any atom is 0.354 e. The van der Waals surface area contributed by atoms with Gasteiger partial charge in [0.2, 0.25) is 0 Å². The first-order valence-electron chi connectivity index (χ1n) is 9.89. The fourth-order valence-corrected chi connectivity index (χ4v) is 3.24. The average Bonchev–Trinajstić information content (AvgIpc) is 2.80. The first-order chi connectivity index (χ1) is 15.3. The first-order valence-corrected chi connectivity index (χ1v) is 9.89. The molecule has 0 bridgehead atoms. The lowest BCUT2D eigenvalue weighted by atomic mass is 9.97. The molecule has 4 N–H and O–H groups in total. The second kappa shape index (κ2) is 10.3. The lowest BCUT2D eigenvalue weighted by Gasteiger charge is -2.20. The van der Waals surface area contributed by atoms with Crippen LogP contribution in [-0.2, 0) is 11.2 Å². The van der Waals surface area contributed by atoms with Gasteiger partial charge < -0.3 is 20.6 Å². The minimum atomic E-state index is -1.64. The van der Waals surface area contributed by atoms with Crippen LogP contribution >= 0.6 is 0 Å². The zero-order chi connectivity index (χ0) is 23.1. The Balaban J connectivity index is 1.74. The summed E-state index contributed by atoms with van der Waals surface area (Å²) in [7, 11) is 0. The third kappa shape index (κ3) is 5.99. The SMILES string of the molecule is O=C(NC(Cc1ccc(-c2ccccc2)cc1)C[C@@H](O)C(=O)O)c1ccc(C(=O)O)nc1. The molecule has 0 saturated carbocycles. The predicted molar refractivity (Wildman–Crippen MR) is 116 cm³/mol. The fraction of sp³-hybridized carbons (Fsp3) is 0.167. The molecule has 0 aliphatic carbocycles. The predicted octanol–water partition coefficient (Wildman–Crippen LogP) is 2.62. The Bertz CT molecular complexity index is 1080. The average molecular weight is 434 g/mol. The van der Waals surface area contributed by atoms with Crippen molar-refractivity contribution in [3.63, 3.8) is 0 Å². The van der Waals surface area contributed by atoms with E-state index in [4.69, 9.17) is 10.2 Å². The zero-order valence-electron chi connectivity index (χ0n) is 17.0. The van der Waals surface area contributed by atoms with Crippen LogP contribution in [0.25, 0.3) is 11.1 Å². The van der Waals surface area contributed by atoms with Gasteiger partial charge in [-0.2, -0.15) is 0 Å². The van der Waals surface area contributed by atoms with E-state index >= 15 is 0 Å². The van der Waals surface area contributed by atoms with Gasteiger partial charge in [0.1, 0.15) is 5.69 Å². The molecule has 0 aliphatic heterocycles. The largest absolute Gasteiger partial charge is 0.479 e.